The molecule has 1 atom stereocenters. The van der Waals surface area contributed by atoms with Crippen molar-refractivity contribution in [2.75, 3.05) is 13.2 Å². The average Bonchev–Trinajstić information content (AvgIpc) is 3.24. The fourth-order valence-electron chi connectivity index (χ4n) is 6.90. The van der Waals surface area contributed by atoms with Crippen LogP contribution >= 0.6 is 0 Å². The largest absolute Gasteiger partial charge is 0.462 e. The summed E-state index contributed by atoms with van der Waals surface area (Å²) in [7, 11) is 0. The first-order valence-electron chi connectivity index (χ1n) is 25.3. The first-order chi connectivity index (χ1) is 29.5. The van der Waals surface area contributed by atoms with Crippen LogP contribution in [0.4, 0.5) is 0 Å². The molecule has 0 unspecified atom stereocenters. The number of hydrogen-bond acceptors (Lipinski definition) is 6. The number of rotatable bonds is 45. The Morgan fingerprint density at radius 1 is 0.333 bits per heavy atom. The summed E-state index contributed by atoms with van der Waals surface area (Å²) in [4.78, 5) is 37.9. The number of hydrogen-bond donors (Lipinski definition) is 0. The second-order valence-corrected chi connectivity index (χ2v) is 16.7. The molecule has 0 radical (unpaired) electrons. The van der Waals surface area contributed by atoms with Crippen LogP contribution in [0, 0.1) is 0 Å². The monoisotopic (exact) mass is 839 g/mol. The van der Waals surface area contributed by atoms with Crippen molar-refractivity contribution in [2.45, 2.75) is 252 Å². The molecule has 0 saturated carbocycles. The summed E-state index contributed by atoms with van der Waals surface area (Å²) in [5, 5.41) is 0. The predicted molar refractivity (Wildman–Crippen MR) is 256 cm³/mol. The molecule has 6 heteroatoms. The van der Waals surface area contributed by atoms with Gasteiger partial charge in [0.1, 0.15) is 13.2 Å². The maximum Gasteiger partial charge on any atom is 0.306 e. The van der Waals surface area contributed by atoms with E-state index in [9.17, 15) is 14.4 Å². The Bertz CT molecular complexity index is 1100. The van der Waals surface area contributed by atoms with E-state index in [1.807, 2.05) is 0 Å². The Balaban J connectivity index is 4.46. The van der Waals surface area contributed by atoms with Gasteiger partial charge in [-0.1, -0.05) is 204 Å². The Morgan fingerprint density at radius 2 is 0.617 bits per heavy atom. The summed E-state index contributed by atoms with van der Waals surface area (Å²) in [6.45, 7) is 6.54. The molecule has 0 fully saturated rings. The van der Waals surface area contributed by atoms with Gasteiger partial charge in [-0.05, 0) is 83.5 Å². The van der Waals surface area contributed by atoms with Gasteiger partial charge in [0.15, 0.2) is 6.10 Å². The van der Waals surface area contributed by atoms with E-state index in [0.29, 0.717) is 19.3 Å². The molecule has 0 aromatic carbocycles. The van der Waals surface area contributed by atoms with E-state index in [1.54, 1.807) is 0 Å². The predicted octanol–water partition coefficient (Wildman–Crippen LogP) is 16.5. The summed E-state index contributed by atoms with van der Waals surface area (Å²) < 4.78 is 16.7. The van der Waals surface area contributed by atoms with Gasteiger partial charge in [-0.3, -0.25) is 14.4 Å². The van der Waals surface area contributed by atoms with Crippen LogP contribution in [0.2, 0.25) is 0 Å². The molecule has 0 aromatic rings. The van der Waals surface area contributed by atoms with Gasteiger partial charge < -0.3 is 14.2 Å². The van der Waals surface area contributed by atoms with Crippen molar-refractivity contribution in [1.29, 1.82) is 0 Å². The molecule has 0 amide bonds. The third kappa shape index (κ3) is 46.2. The molecular formula is C54H94O6. The minimum Gasteiger partial charge on any atom is -0.462 e. The Hall–Kier alpha value is -2.89. The molecule has 0 aliphatic rings. The van der Waals surface area contributed by atoms with Gasteiger partial charge in [-0.15, -0.1) is 0 Å². The first kappa shape index (κ1) is 57.1. The maximum atomic E-state index is 12.8. The molecule has 0 aromatic heterocycles. The molecule has 0 bridgehead atoms. The van der Waals surface area contributed by atoms with Crippen LogP contribution in [0.15, 0.2) is 60.8 Å². The zero-order chi connectivity index (χ0) is 43.7. The van der Waals surface area contributed by atoms with Crippen molar-refractivity contribution in [3.05, 3.63) is 60.8 Å². The normalized spacial score (nSPS) is 12.5. The number of carbonyl (C=O) groups excluding carboxylic acids is 3. The summed E-state index contributed by atoms with van der Waals surface area (Å²) in [6.07, 6.45) is 59.2. The second-order valence-electron chi connectivity index (χ2n) is 16.7. The summed E-state index contributed by atoms with van der Waals surface area (Å²) in [5.74, 6) is -0.958. The van der Waals surface area contributed by atoms with Crippen LogP contribution in [0.25, 0.3) is 0 Å². The number of unbranched alkanes of at least 4 members (excludes halogenated alkanes) is 24. The highest BCUT2D eigenvalue weighted by Crippen LogP contribution is 2.14. The van der Waals surface area contributed by atoms with Crippen LogP contribution in [0.5, 0.6) is 0 Å². The van der Waals surface area contributed by atoms with Gasteiger partial charge in [0, 0.05) is 19.3 Å². The highest BCUT2D eigenvalue weighted by atomic mass is 16.6. The van der Waals surface area contributed by atoms with Crippen molar-refractivity contribution < 1.29 is 28.6 Å². The van der Waals surface area contributed by atoms with Crippen LogP contribution < -0.4 is 0 Å². The summed E-state index contributed by atoms with van der Waals surface area (Å²) in [5.41, 5.74) is 0. The molecule has 0 spiro atoms. The van der Waals surface area contributed by atoms with Crippen molar-refractivity contribution >= 4 is 17.9 Å². The Morgan fingerprint density at radius 3 is 1.07 bits per heavy atom. The lowest BCUT2D eigenvalue weighted by molar-refractivity contribution is -0.167. The fraction of sp³-hybridized carbons (Fsp3) is 0.759. The van der Waals surface area contributed by atoms with Crippen LogP contribution in [0.3, 0.4) is 0 Å². The molecule has 0 N–H and O–H groups in total. The Kier molecular flexibility index (Phi) is 46.4. The number of carbonyl (C=O) groups is 3. The number of ether oxygens (including phenoxy) is 3. The lowest BCUT2D eigenvalue weighted by atomic mass is 10.0. The molecule has 346 valence electrons. The van der Waals surface area contributed by atoms with E-state index < -0.39 is 6.10 Å². The van der Waals surface area contributed by atoms with E-state index in [4.69, 9.17) is 14.2 Å². The summed E-state index contributed by atoms with van der Waals surface area (Å²) in [6, 6.07) is 0. The van der Waals surface area contributed by atoms with E-state index >= 15 is 0 Å². The highest BCUT2D eigenvalue weighted by molar-refractivity contribution is 5.71. The first-order valence-corrected chi connectivity index (χ1v) is 25.3. The smallest absolute Gasteiger partial charge is 0.306 e. The molecule has 0 saturated heterocycles. The van der Waals surface area contributed by atoms with E-state index in [1.165, 1.54) is 122 Å². The maximum absolute atomic E-state index is 12.8. The molecule has 60 heavy (non-hydrogen) atoms. The van der Waals surface area contributed by atoms with Gasteiger partial charge in [0.25, 0.3) is 0 Å². The Labute approximate surface area is 370 Å². The van der Waals surface area contributed by atoms with Gasteiger partial charge in [-0.2, -0.15) is 0 Å². The zero-order valence-corrected chi connectivity index (χ0v) is 39.5. The lowest BCUT2D eigenvalue weighted by Crippen LogP contribution is -2.30. The number of esters is 3. The third-order valence-electron chi connectivity index (χ3n) is 10.7. The quantitative estimate of drug-likeness (QED) is 0.0263. The second kappa shape index (κ2) is 48.8. The molecule has 6 nitrogen and oxygen atoms in total. The van der Waals surface area contributed by atoms with Crippen molar-refractivity contribution in [2.24, 2.45) is 0 Å². The van der Waals surface area contributed by atoms with E-state index in [2.05, 4.69) is 81.5 Å². The SMILES string of the molecule is CCCCC/C=C\C/C=C\C/C=C\C/C=C\CCCC(=O)OC[C@@H](COC(=O)CCCCCCCCCCCCCC)OC(=O)CCCCCCC/C=C\CCCCCC. The topological polar surface area (TPSA) is 78.9 Å². The van der Waals surface area contributed by atoms with Crippen LogP contribution in [0.1, 0.15) is 245 Å². The van der Waals surface area contributed by atoms with Crippen molar-refractivity contribution in [1.82, 2.24) is 0 Å². The number of allylic oxidation sites excluding steroid dienone is 10. The van der Waals surface area contributed by atoms with Gasteiger partial charge in [0.2, 0.25) is 0 Å². The van der Waals surface area contributed by atoms with Crippen LogP contribution in [-0.4, -0.2) is 37.2 Å². The highest BCUT2D eigenvalue weighted by Gasteiger charge is 2.19. The molecular weight excluding hydrogens is 745 g/mol. The minimum absolute atomic E-state index is 0.0928. The average molecular weight is 839 g/mol. The van der Waals surface area contributed by atoms with E-state index in [-0.39, 0.29) is 37.5 Å². The zero-order valence-electron chi connectivity index (χ0n) is 39.5. The van der Waals surface area contributed by atoms with Gasteiger partial charge >= 0.3 is 17.9 Å². The molecule has 0 rings (SSSR count). The third-order valence-corrected chi connectivity index (χ3v) is 10.7. The van der Waals surface area contributed by atoms with Crippen LogP contribution in [-0.2, 0) is 28.6 Å². The van der Waals surface area contributed by atoms with Gasteiger partial charge in [-0.25, -0.2) is 0 Å². The minimum atomic E-state index is -0.797. The summed E-state index contributed by atoms with van der Waals surface area (Å²) >= 11 is 0. The molecule has 0 heterocycles. The van der Waals surface area contributed by atoms with Crippen molar-refractivity contribution in [3.63, 3.8) is 0 Å². The molecule has 0 aliphatic heterocycles. The standard InChI is InChI=1S/C54H94O6/c1-4-7-10-13-16-19-22-25-26-27-28-30-32-35-38-41-44-47-53(56)59-50-51(49-58-52(55)46-43-40-37-34-31-24-21-18-15-12-9-6-3)60-54(57)48-45-42-39-36-33-29-23-20-17-14-11-8-5-2/h16,19-20,23,25-26,28,30,35,38,51H,4-15,17-18,21-22,24,27,29,31-34,36-37,39-50H2,1-3H3/b19-16-,23-20-,26-25-,30-28-,38-35-/t51-/m1/s1. The van der Waals surface area contributed by atoms with Crippen molar-refractivity contribution in [3.8, 4) is 0 Å². The fourth-order valence-corrected chi connectivity index (χ4v) is 6.90. The lowest BCUT2D eigenvalue weighted by Gasteiger charge is -2.18. The molecule has 0 aliphatic carbocycles. The van der Waals surface area contributed by atoms with Gasteiger partial charge in [0.05, 0.1) is 0 Å². The van der Waals surface area contributed by atoms with E-state index in [0.717, 1.165) is 77.0 Å².